The first-order valence-electron chi connectivity index (χ1n) is 6.14. The lowest BCUT2D eigenvalue weighted by Gasteiger charge is -2.32. The van der Waals surface area contributed by atoms with Gasteiger partial charge in [0.2, 0.25) is 0 Å². The summed E-state index contributed by atoms with van der Waals surface area (Å²) in [7, 11) is 0. The van der Waals surface area contributed by atoms with Gasteiger partial charge in [-0.15, -0.1) is 12.4 Å². The molecule has 0 radical (unpaired) electrons. The predicted octanol–water partition coefficient (Wildman–Crippen LogP) is 2.14. The molecule has 112 valence electrons. The topological polar surface area (TPSA) is 41.6 Å². The molecule has 1 heterocycles. The number of rotatable bonds is 3. The molecule has 20 heavy (non-hydrogen) atoms. The Kier molecular flexibility index (Phi) is 6.16. The Bertz CT molecular complexity index is 460. The van der Waals surface area contributed by atoms with Gasteiger partial charge in [0.15, 0.2) is 0 Å². The second-order valence-corrected chi connectivity index (χ2v) is 4.51. The molecule has 1 fully saturated rings. The van der Waals surface area contributed by atoms with E-state index in [1.165, 1.54) is 18.2 Å². The van der Waals surface area contributed by atoms with Crippen LogP contribution in [0.4, 0.5) is 8.78 Å². The van der Waals surface area contributed by atoms with Gasteiger partial charge in [-0.05, 0) is 25.1 Å². The number of hydrogen-bond acceptors (Lipinski definition) is 3. The molecule has 0 aromatic heterocycles. The molecular weight excluding hydrogens is 290 g/mol. The van der Waals surface area contributed by atoms with Gasteiger partial charge in [-0.1, -0.05) is 6.07 Å². The number of ether oxygens (including phenoxy) is 1. The van der Waals surface area contributed by atoms with Crippen molar-refractivity contribution < 1.29 is 18.3 Å². The van der Waals surface area contributed by atoms with Gasteiger partial charge in [0.05, 0.1) is 0 Å². The van der Waals surface area contributed by atoms with E-state index in [-0.39, 0.29) is 30.1 Å². The molecule has 2 rings (SSSR count). The van der Waals surface area contributed by atoms with Gasteiger partial charge in [-0.25, -0.2) is 0 Å². The minimum atomic E-state index is -2.88. The monoisotopic (exact) mass is 306 g/mol. The molecule has 0 bridgehead atoms. The second kappa shape index (κ2) is 7.40. The Morgan fingerprint density at radius 2 is 2.25 bits per heavy atom. The third-order valence-electron chi connectivity index (χ3n) is 2.96. The van der Waals surface area contributed by atoms with E-state index >= 15 is 0 Å². The van der Waals surface area contributed by atoms with Crippen molar-refractivity contribution in [2.75, 3.05) is 19.6 Å². The number of nitrogens with zero attached hydrogens (tertiary/aromatic N) is 1. The molecule has 4 nitrogen and oxygen atoms in total. The summed E-state index contributed by atoms with van der Waals surface area (Å²) < 4.78 is 28.6. The Labute approximate surface area is 122 Å². The van der Waals surface area contributed by atoms with E-state index in [1.54, 1.807) is 11.0 Å². The minimum Gasteiger partial charge on any atom is -0.435 e. The highest BCUT2D eigenvalue weighted by atomic mass is 35.5. The van der Waals surface area contributed by atoms with Crippen LogP contribution in [0.25, 0.3) is 0 Å². The highest BCUT2D eigenvalue weighted by molar-refractivity contribution is 5.94. The second-order valence-electron chi connectivity index (χ2n) is 4.51. The SMILES string of the molecule is C[C@@H]1CN(C(=O)c2cccc(OC(F)F)c2)CCN1.Cl. The molecule has 1 N–H and O–H groups in total. The van der Waals surface area contributed by atoms with E-state index in [2.05, 4.69) is 10.1 Å². The normalized spacial score (nSPS) is 18.6. The van der Waals surface area contributed by atoms with Crippen molar-refractivity contribution in [3.8, 4) is 5.75 Å². The third kappa shape index (κ3) is 4.31. The molecule has 1 saturated heterocycles. The molecule has 1 aromatic rings. The Balaban J connectivity index is 0.00000200. The molecule has 0 unspecified atom stereocenters. The van der Waals surface area contributed by atoms with Crippen LogP contribution < -0.4 is 10.1 Å². The number of piperazine rings is 1. The minimum absolute atomic E-state index is 0. The molecule has 1 atom stereocenters. The molecule has 1 amide bonds. The lowest BCUT2D eigenvalue weighted by Crippen LogP contribution is -2.51. The maximum absolute atomic E-state index is 12.2. The van der Waals surface area contributed by atoms with Crippen molar-refractivity contribution in [3.63, 3.8) is 0 Å². The highest BCUT2D eigenvalue weighted by Crippen LogP contribution is 2.17. The molecule has 1 aliphatic heterocycles. The van der Waals surface area contributed by atoms with E-state index < -0.39 is 6.61 Å². The molecule has 0 spiro atoms. The number of carbonyl (C=O) groups is 1. The van der Waals surface area contributed by atoms with Crippen LogP contribution in [0.2, 0.25) is 0 Å². The summed E-state index contributed by atoms with van der Waals surface area (Å²) in [4.78, 5) is 13.9. The Hall–Kier alpha value is -1.40. The predicted molar refractivity (Wildman–Crippen MR) is 73.7 cm³/mol. The number of benzene rings is 1. The number of carbonyl (C=O) groups excluding carboxylic acids is 1. The fraction of sp³-hybridized carbons (Fsp3) is 0.462. The lowest BCUT2D eigenvalue weighted by molar-refractivity contribution is -0.0499. The maximum Gasteiger partial charge on any atom is 0.387 e. The zero-order valence-corrected chi connectivity index (χ0v) is 11.8. The van der Waals surface area contributed by atoms with Crippen LogP contribution in [-0.2, 0) is 0 Å². The first-order valence-corrected chi connectivity index (χ1v) is 6.14. The quantitative estimate of drug-likeness (QED) is 0.930. The molecular formula is C13H17ClF2N2O2. The first kappa shape index (κ1) is 16.7. The van der Waals surface area contributed by atoms with Crippen LogP contribution in [0.15, 0.2) is 24.3 Å². The van der Waals surface area contributed by atoms with Crippen LogP contribution in [0, 0.1) is 0 Å². The standard InChI is InChI=1S/C13H16F2N2O2.ClH/c1-9-8-17(6-5-16-9)12(18)10-3-2-4-11(7-10)19-13(14)15;/h2-4,7,9,13,16H,5-6,8H2,1H3;1H/t9-;/m1./s1. The van der Waals surface area contributed by atoms with Crippen molar-refractivity contribution >= 4 is 18.3 Å². The number of nitrogens with one attached hydrogen (secondary N) is 1. The average Bonchev–Trinajstić information content (AvgIpc) is 2.37. The van der Waals surface area contributed by atoms with E-state index in [9.17, 15) is 13.6 Å². The average molecular weight is 307 g/mol. The van der Waals surface area contributed by atoms with Crippen molar-refractivity contribution in [2.24, 2.45) is 0 Å². The van der Waals surface area contributed by atoms with Crippen molar-refractivity contribution in [2.45, 2.75) is 19.6 Å². The summed E-state index contributed by atoms with van der Waals surface area (Å²) in [6.07, 6.45) is 0. The van der Waals surface area contributed by atoms with E-state index in [0.29, 0.717) is 18.7 Å². The fourth-order valence-electron chi connectivity index (χ4n) is 2.10. The number of alkyl halides is 2. The Morgan fingerprint density at radius 1 is 1.50 bits per heavy atom. The fourth-order valence-corrected chi connectivity index (χ4v) is 2.10. The molecule has 0 saturated carbocycles. The molecule has 1 aliphatic rings. The van der Waals surface area contributed by atoms with Gasteiger partial charge in [0, 0.05) is 31.2 Å². The number of amides is 1. The van der Waals surface area contributed by atoms with Gasteiger partial charge in [-0.3, -0.25) is 4.79 Å². The zero-order valence-electron chi connectivity index (χ0n) is 11.0. The van der Waals surface area contributed by atoms with E-state index in [4.69, 9.17) is 0 Å². The van der Waals surface area contributed by atoms with E-state index in [1.807, 2.05) is 6.92 Å². The zero-order chi connectivity index (χ0) is 13.8. The smallest absolute Gasteiger partial charge is 0.387 e. The van der Waals surface area contributed by atoms with Crippen LogP contribution in [0.1, 0.15) is 17.3 Å². The summed E-state index contributed by atoms with van der Waals surface area (Å²) in [5, 5.41) is 3.24. The largest absolute Gasteiger partial charge is 0.435 e. The number of hydrogen-bond donors (Lipinski definition) is 1. The van der Waals surface area contributed by atoms with Crippen molar-refractivity contribution in [1.29, 1.82) is 0 Å². The maximum atomic E-state index is 12.2. The summed E-state index contributed by atoms with van der Waals surface area (Å²) in [6.45, 7) is 1.07. The van der Waals surface area contributed by atoms with Gasteiger partial charge < -0.3 is 15.0 Å². The van der Waals surface area contributed by atoms with Crippen LogP contribution in [-0.4, -0.2) is 43.1 Å². The number of halogens is 3. The summed E-state index contributed by atoms with van der Waals surface area (Å²) in [5.41, 5.74) is 0.368. The van der Waals surface area contributed by atoms with Gasteiger partial charge in [-0.2, -0.15) is 8.78 Å². The van der Waals surface area contributed by atoms with Gasteiger partial charge in [0.25, 0.3) is 5.91 Å². The van der Waals surface area contributed by atoms with Crippen LogP contribution >= 0.6 is 12.4 Å². The van der Waals surface area contributed by atoms with Crippen LogP contribution in [0.5, 0.6) is 5.75 Å². The lowest BCUT2D eigenvalue weighted by atomic mass is 10.1. The summed E-state index contributed by atoms with van der Waals surface area (Å²) in [5.74, 6) is -0.155. The summed E-state index contributed by atoms with van der Waals surface area (Å²) >= 11 is 0. The molecule has 1 aromatic carbocycles. The highest BCUT2D eigenvalue weighted by Gasteiger charge is 2.22. The Morgan fingerprint density at radius 3 is 2.90 bits per heavy atom. The third-order valence-corrected chi connectivity index (χ3v) is 2.96. The van der Waals surface area contributed by atoms with Crippen molar-refractivity contribution in [1.82, 2.24) is 10.2 Å². The van der Waals surface area contributed by atoms with Gasteiger partial charge >= 0.3 is 6.61 Å². The van der Waals surface area contributed by atoms with Crippen molar-refractivity contribution in [3.05, 3.63) is 29.8 Å². The first-order chi connectivity index (χ1) is 9.06. The van der Waals surface area contributed by atoms with Gasteiger partial charge in [0.1, 0.15) is 5.75 Å². The molecule has 0 aliphatic carbocycles. The summed E-state index contributed by atoms with van der Waals surface area (Å²) in [6, 6.07) is 6.13. The molecule has 7 heteroatoms. The van der Waals surface area contributed by atoms with Crippen LogP contribution in [0.3, 0.4) is 0 Å². The van der Waals surface area contributed by atoms with E-state index in [0.717, 1.165) is 6.54 Å².